The highest BCUT2D eigenvalue weighted by molar-refractivity contribution is 7.89. The minimum absolute atomic E-state index is 0.0268. The van der Waals surface area contributed by atoms with Gasteiger partial charge in [0, 0.05) is 13.6 Å². The molecule has 1 aromatic heterocycles. The van der Waals surface area contributed by atoms with E-state index < -0.39 is 27.8 Å². The number of fused-ring (bicyclic) bond motifs is 1. The van der Waals surface area contributed by atoms with Crippen LogP contribution in [0.1, 0.15) is 12.8 Å². The van der Waals surface area contributed by atoms with Gasteiger partial charge in [0.15, 0.2) is 4.80 Å². The molecule has 1 unspecified atom stereocenters. The first-order valence-electron chi connectivity index (χ1n) is 8.78. The van der Waals surface area contributed by atoms with Crippen LogP contribution in [0.15, 0.2) is 58.4 Å². The predicted octanol–water partition coefficient (Wildman–Crippen LogP) is 2.66. The summed E-state index contributed by atoms with van der Waals surface area (Å²) < 4.78 is 43.0. The molecule has 9 heteroatoms. The fraction of sp³-hybridized carbons (Fsp3) is 0.263. The first kappa shape index (κ1) is 19.0. The highest BCUT2D eigenvalue weighted by atomic mass is 32.2. The van der Waals surface area contributed by atoms with Crippen LogP contribution >= 0.6 is 11.3 Å². The summed E-state index contributed by atoms with van der Waals surface area (Å²) in [6.07, 6.45) is 0.988. The molecule has 28 heavy (non-hydrogen) atoms. The molecule has 2 aromatic carbocycles. The molecule has 4 rings (SSSR count). The van der Waals surface area contributed by atoms with Crippen LogP contribution in [0.4, 0.5) is 4.39 Å². The van der Waals surface area contributed by atoms with Gasteiger partial charge < -0.3 is 4.57 Å². The first-order valence-corrected chi connectivity index (χ1v) is 11.0. The van der Waals surface area contributed by atoms with Crippen molar-refractivity contribution in [2.75, 3.05) is 6.54 Å². The summed E-state index contributed by atoms with van der Waals surface area (Å²) in [5.74, 6) is -0.995. The fourth-order valence-corrected chi connectivity index (χ4v) is 6.05. The Morgan fingerprint density at radius 3 is 2.61 bits per heavy atom. The second kappa shape index (κ2) is 7.23. The molecule has 0 aliphatic carbocycles. The van der Waals surface area contributed by atoms with Gasteiger partial charge >= 0.3 is 0 Å². The van der Waals surface area contributed by atoms with Crippen molar-refractivity contribution < 1.29 is 17.6 Å². The topological polar surface area (TPSA) is 71.7 Å². The van der Waals surface area contributed by atoms with E-state index >= 15 is 0 Å². The molecule has 0 N–H and O–H groups in total. The number of thiazole rings is 1. The largest absolute Gasteiger partial charge is 0.319 e. The molecule has 1 fully saturated rings. The van der Waals surface area contributed by atoms with Gasteiger partial charge in [0.2, 0.25) is 10.0 Å². The van der Waals surface area contributed by atoms with Gasteiger partial charge in [-0.25, -0.2) is 12.8 Å². The third-order valence-corrected chi connectivity index (χ3v) is 7.86. The van der Waals surface area contributed by atoms with Crippen LogP contribution in [0.3, 0.4) is 0 Å². The minimum atomic E-state index is -3.89. The monoisotopic (exact) mass is 419 g/mol. The Morgan fingerprint density at radius 1 is 1.18 bits per heavy atom. The Hall–Kier alpha value is -2.36. The van der Waals surface area contributed by atoms with Crippen molar-refractivity contribution in [1.29, 1.82) is 0 Å². The van der Waals surface area contributed by atoms with Crippen LogP contribution in [-0.4, -0.2) is 35.8 Å². The predicted molar refractivity (Wildman–Crippen MR) is 105 cm³/mol. The molecular formula is C19H18FN3O3S2. The quantitative estimate of drug-likeness (QED) is 0.655. The van der Waals surface area contributed by atoms with Gasteiger partial charge in [0.25, 0.3) is 5.91 Å². The number of amides is 1. The molecule has 146 valence electrons. The van der Waals surface area contributed by atoms with Gasteiger partial charge in [-0.3, -0.25) is 4.79 Å². The first-order chi connectivity index (χ1) is 13.4. The van der Waals surface area contributed by atoms with Gasteiger partial charge in [-0.15, -0.1) is 0 Å². The van der Waals surface area contributed by atoms with Crippen molar-refractivity contribution in [1.82, 2.24) is 8.87 Å². The Bertz CT molecular complexity index is 1210. The highest BCUT2D eigenvalue weighted by Crippen LogP contribution is 2.27. The maximum Gasteiger partial charge on any atom is 0.266 e. The van der Waals surface area contributed by atoms with Gasteiger partial charge in [-0.1, -0.05) is 23.5 Å². The molecule has 1 atom stereocenters. The summed E-state index contributed by atoms with van der Waals surface area (Å²) in [6, 6.07) is 11.5. The Labute approximate surface area is 165 Å². The third kappa shape index (κ3) is 3.30. The number of para-hydroxylation sites is 1. The van der Waals surface area contributed by atoms with Gasteiger partial charge in [-0.2, -0.15) is 9.30 Å². The lowest BCUT2D eigenvalue weighted by Crippen LogP contribution is -2.40. The van der Waals surface area contributed by atoms with Crippen LogP contribution < -0.4 is 4.80 Å². The summed E-state index contributed by atoms with van der Waals surface area (Å²) in [4.78, 5) is 17.6. The van der Waals surface area contributed by atoms with E-state index in [1.807, 2.05) is 35.9 Å². The summed E-state index contributed by atoms with van der Waals surface area (Å²) in [5, 5.41) is 0. The van der Waals surface area contributed by atoms with Crippen LogP contribution in [0.2, 0.25) is 0 Å². The third-order valence-electron chi connectivity index (χ3n) is 4.83. The molecule has 1 aliphatic heterocycles. The number of rotatable bonds is 3. The lowest BCUT2D eigenvalue weighted by atomic mass is 10.2. The van der Waals surface area contributed by atoms with E-state index in [-0.39, 0.29) is 11.4 Å². The molecule has 1 saturated heterocycles. The molecule has 0 bridgehead atoms. The van der Waals surface area contributed by atoms with Crippen molar-refractivity contribution in [2.24, 2.45) is 12.0 Å². The molecule has 0 radical (unpaired) electrons. The zero-order chi connectivity index (χ0) is 19.9. The zero-order valence-corrected chi connectivity index (χ0v) is 16.7. The summed E-state index contributed by atoms with van der Waals surface area (Å²) in [6.45, 7) is 0.240. The number of nitrogens with zero attached hydrogens (tertiary/aromatic N) is 3. The number of hydrogen-bond acceptors (Lipinski definition) is 4. The SMILES string of the molecule is Cn1c(=NC(=O)C2CCCN2S(=O)(=O)c2ccc(F)cc2)sc2ccccc21. The second-order valence-corrected chi connectivity index (χ2v) is 9.49. The maximum absolute atomic E-state index is 13.1. The van der Waals surface area contributed by atoms with E-state index in [0.717, 1.165) is 22.3 Å². The molecule has 0 saturated carbocycles. The average Bonchev–Trinajstić information content (AvgIpc) is 3.29. The van der Waals surface area contributed by atoms with Crippen molar-refractivity contribution in [3.05, 3.63) is 59.1 Å². The van der Waals surface area contributed by atoms with Crippen molar-refractivity contribution in [2.45, 2.75) is 23.8 Å². The summed E-state index contributed by atoms with van der Waals surface area (Å²) in [7, 11) is -2.07. The number of aryl methyl sites for hydroxylation is 1. The lowest BCUT2D eigenvalue weighted by Gasteiger charge is -2.21. The number of carbonyl (C=O) groups excluding carboxylic acids is 1. The van der Waals surface area contributed by atoms with E-state index in [2.05, 4.69) is 4.99 Å². The minimum Gasteiger partial charge on any atom is -0.319 e. The molecule has 3 aromatic rings. The normalized spacial score (nSPS) is 18.8. The van der Waals surface area contributed by atoms with E-state index in [9.17, 15) is 17.6 Å². The van der Waals surface area contributed by atoms with Crippen molar-refractivity contribution in [3.8, 4) is 0 Å². The van der Waals surface area contributed by atoms with E-state index in [0.29, 0.717) is 17.6 Å². The molecule has 0 spiro atoms. The number of benzene rings is 2. The van der Waals surface area contributed by atoms with Gasteiger partial charge in [0.1, 0.15) is 11.9 Å². The van der Waals surface area contributed by atoms with Crippen molar-refractivity contribution >= 4 is 37.5 Å². The lowest BCUT2D eigenvalue weighted by molar-refractivity contribution is -0.121. The Balaban J connectivity index is 1.68. The standard InChI is InChI=1S/C19H18FN3O3S2/c1-22-15-5-2-3-7-17(15)27-19(22)21-18(24)16-6-4-12-23(16)28(25,26)14-10-8-13(20)9-11-14/h2-3,5,7-11,16H,4,6,12H2,1H3. The number of sulfonamides is 1. The van der Waals surface area contributed by atoms with Gasteiger partial charge in [-0.05, 0) is 49.2 Å². The van der Waals surface area contributed by atoms with E-state index in [1.54, 1.807) is 0 Å². The second-order valence-electron chi connectivity index (χ2n) is 6.59. The molecule has 6 nitrogen and oxygen atoms in total. The van der Waals surface area contributed by atoms with Gasteiger partial charge in [0.05, 0.1) is 15.1 Å². The van der Waals surface area contributed by atoms with Crippen LogP contribution in [0.25, 0.3) is 10.2 Å². The molecule has 1 amide bonds. The van der Waals surface area contributed by atoms with Crippen molar-refractivity contribution in [3.63, 3.8) is 0 Å². The number of carbonyl (C=O) groups is 1. The van der Waals surface area contributed by atoms with E-state index in [4.69, 9.17) is 0 Å². The number of halogens is 1. The number of hydrogen-bond donors (Lipinski definition) is 0. The Morgan fingerprint density at radius 2 is 1.89 bits per heavy atom. The number of aromatic nitrogens is 1. The van der Waals surface area contributed by atoms with Crippen LogP contribution in [0.5, 0.6) is 0 Å². The zero-order valence-electron chi connectivity index (χ0n) is 15.1. The fourth-order valence-electron chi connectivity index (χ4n) is 3.37. The summed E-state index contributed by atoms with van der Waals surface area (Å²) >= 11 is 1.38. The summed E-state index contributed by atoms with van der Waals surface area (Å²) in [5.41, 5.74) is 0.960. The molecular weight excluding hydrogens is 401 g/mol. The van der Waals surface area contributed by atoms with Crippen LogP contribution in [0, 0.1) is 5.82 Å². The highest BCUT2D eigenvalue weighted by Gasteiger charge is 2.39. The molecule has 1 aliphatic rings. The van der Waals surface area contributed by atoms with Crippen LogP contribution in [-0.2, 0) is 21.9 Å². The van der Waals surface area contributed by atoms with E-state index in [1.165, 1.54) is 27.8 Å². The Kier molecular flexibility index (Phi) is 4.90. The average molecular weight is 420 g/mol. The smallest absolute Gasteiger partial charge is 0.266 e. The maximum atomic E-state index is 13.1. The molecule has 2 heterocycles.